The molecule has 2 aliphatic rings. The average molecular weight is 545 g/mol. The molecule has 0 N–H and O–H groups in total. The minimum absolute atomic E-state index is 0.0235. The molecule has 2 fully saturated rings. The van der Waals surface area contributed by atoms with Gasteiger partial charge in [0, 0.05) is 36.9 Å². The van der Waals surface area contributed by atoms with Crippen LogP contribution < -0.4 is 9.64 Å². The van der Waals surface area contributed by atoms with Crippen molar-refractivity contribution in [1.29, 1.82) is 0 Å². The molecule has 0 aromatic heterocycles. The second kappa shape index (κ2) is 12.1. The van der Waals surface area contributed by atoms with Crippen LogP contribution in [-0.4, -0.2) is 65.5 Å². The van der Waals surface area contributed by atoms with Crippen LogP contribution in [0.3, 0.4) is 0 Å². The lowest BCUT2D eigenvalue weighted by Crippen LogP contribution is -2.61. The van der Waals surface area contributed by atoms with Gasteiger partial charge in [0.05, 0.1) is 13.7 Å². The predicted octanol–water partition coefficient (Wildman–Crippen LogP) is 3.93. The summed E-state index contributed by atoms with van der Waals surface area (Å²) in [5.41, 5.74) is 2.69. The van der Waals surface area contributed by atoms with Crippen molar-refractivity contribution in [2.24, 2.45) is 0 Å². The highest BCUT2D eigenvalue weighted by Gasteiger charge is 2.41. The van der Waals surface area contributed by atoms with Crippen molar-refractivity contribution in [2.45, 2.75) is 38.1 Å². The largest absolute Gasteiger partial charge is 0.497 e. The van der Waals surface area contributed by atoms with Gasteiger partial charge < -0.3 is 24.3 Å². The van der Waals surface area contributed by atoms with Gasteiger partial charge in [-0.25, -0.2) is 0 Å². The van der Waals surface area contributed by atoms with Crippen molar-refractivity contribution >= 4 is 17.5 Å². The van der Waals surface area contributed by atoms with E-state index in [1.165, 1.54) is 0 Å². The lowest BCUT2D eigenvalue weighted by atomic mass is 10.0. The van der Waals surface area contributed by atoms with Crippen molar-refractivity contribution < 1.29 is 24.3 Å². The fourth-order valence-corrected chi connectivity index (χ4v) is 5.15. The minimum atomic E-state index is -0.872. The highest BCUT2D eigenvalue weighted by Crippen LogP contribution is 2.32. The van der Waals surface area contributed by atoms with E-state index in [0.717, 1.165) is 29.8 Å². The van der Waals surface area contributed by atoms with Crippen LogP contribution in [0.5, 0.6) is 5.75 Å². The molecule has 3 aromatic carbocycles. The zero-order valence-electron chi connectivity index (χ0n) is 22.3. The van der Waals surface area contributed by atoms with Crippen LogP contribution in [0.2, 0.25) is 0 Å². The summed E-state index contributed by atoms with van der Waals surface area (Å²) in [5, 5.41) is 9.90. The molecule has 0 bridgehead atoms. The lowest BCUT2D eigenvalue weighted by molar-refractivity contribution is -0.763. The summed E-state index contributed by atoms with van der Waals surface area (Å²) < 4.78 is 5.32. The van der Waals surface area contributed by atoms with Crippen molar-refractivity contribution in [1.82, 2.24) is 9.80 Å². The zero-order valence-corrected chi connectivity index (χ0v) is 22.3. The second-order valence-corrected chi connectivity index (χ2v) is 10.00. The van der Waals surface area contributed by atoms with E-state index in [9.17, 15) is 19.7 Å². The van der Waals surface area contributed by atoms with E-state index in [1.807, 2.05) is 59.5 Å². The summed E-state index contributed by atoms with van der Waals surface area (Å²) in [7, 11) is 1.61. The first kappa shape index (κ1) is 27.0. The first-order chi connectivity index (χ1) is 19.4. The zero-order chi connectivity index (χ0) is 28.1. The number of anilines is 1. The number of rotatable bonds is 10. The van der Waals surface area contributed by atoms with E-state index in [0.29, 0.717) is 30.8 Å². The van der Waals surface area contributed by atoms with Crippen LogP contribution >= 0.6 is 0 Å². The highest BCUT2D eigenvalue weighted by molar-refractivity contribution is 5.97. The molecule has 1 heterocycles. The Hall–Kier alpha value is -4.60. The Kier molecular flexibility index (Phi) is 8.14. The number of hydrogen-bond acceptors (Lipinski definition) is 7. The first-order valence-corrected chi connectivity index (χ1v) is 13.3. The van der Waals surface area contributed by atoms with Gasteiger partial charge in [0.15, 0.2) is 0 Å². The summed E-state index contributed by atoms with van der Waals surface area (Å²) >= 11 is 0. The maximum atomic E-state index is 14.3. The van der Waals surface area contributed by atoms with Crippen molar-refractivity contribution in [3.05, 3.63) is 106 Å². The number of ether oxygens (including phenoxy) is 1. The number of nitrogens with zero attached hydrogens (tertiary/aromatic N) is 4. The molecule has 0 radical (unpaired) electrons. The molecule has 40 heavy (non-hydrogen) atoms. The maximum Gasteiger partial charge on any atom is 0.294 e. The Balaban J connectivity index is 1.43. The van der Waals surface area contributed by atoms with Crippen molar-refractivity contribution in [3.63, 3.8) is 0 Å². The highest BCUT2D eigenvalue weighted by atomic mass is 16.9. The maximum absolute atomic E-state index is 14.3. The summed E-state index contributed by atoms with van der Waals surface area (Å²) in [6.07, 6.45) is 1.92. The van der Waals surface area contributed by atoms with Gasteiger partial charge in [-0.05, 0) is 54.3 Å². The molecular formula is C30H32N4O6. The van der Waals surface area contributed by atoms with Crippen molar-refractivity contribution in [3.8, 4) is 5.75 Å². The molecule has 10 nitrogen and oxygen atoms in total. The number of benzene rings is 3. The molecule has 2 amide bonds. The fourth-order valence-electron chi connectivity index (χ4n) is 5.15. The molecule has 208 valence electrons. The monoisotopic (exact) mass is 544 g/mol. The smallest absolute Gasteiger partial charge is 0.294 e. The molecule has 3 aromatic rings. The molecule has 1 saturated carbocycles. The predicted molar refractivity (Wildman–Crippen MR) is 148 cm³/mol. The average Bonchev–Trinajstić information content (AvgIpc) is 3.84. The number of piperazine rings is 1. The SMILES string of the molecule is COc1ccc(N2CCN(C(=O)c3ccccc3CO[N+](=O)[O-])C[C@@H]2C(=O)N(Cc2ccccc2)C2CC2)cc1. The topological polar surface area (TPSA) is 105 Å². The summed E-state index contributed by atoms with van der Waals surface area (Å²) in [4.78, 5) is 49.0. The van der Waals surface area contributed by atoms with Crippen LogP contribution in [0.1, 0.15) is 34.3 Å². The molecule has 1 atom stereocenters. The summed E-state index contributed by atoms with van der Waals surface area (Å²) in [5.74, 6) is 0.415. The van der Waals surface area contributed by atoms with Gasteiger partial charge in [-0.2, -0.15) is 0 Å². The molecule has 0 spiro atoms. The van der Waals surface area contributed by atoms with Gasteiger partial charge in [0.1, 0.15) is 18.4 Å². The molecule has 1 aliphatic heterocycles. The third kappa shape index (κ3) is 6.17. The van der Waals surface area contributed by atoms with Crippen LogP contribution in [0.4, 0.5) is 5.69 Å². The van der Waals surface area contributed by atoms with Gasteiger partial charge in [0.2, 0.25) is 5.91 Å². The molecule has 10 heteroatoms. The van der Waals surface area contributed by atoms with Gasteiger partial charge in [0.25, 0.3) is 11.0 Å². The number of carbonyl (C=O) groups excluding carboxylic acids is 2. The Labute approximate surface area is 232 Å². The van der Waals surface area contributed by atoms with E-state index in [2.05, 4.69) is 9.74 Å². The van der Waals surface area contributed by atoms with Crippen LogP contribution in [-0.2, 0) is 22.8 Å². The van der Waals surface area contributed by atoms with Crippen LogP contribution in [0, 0.1) is 10.1 Å². The summed E-state index contributed by atoms with van der Waals surface area (Å²) in [6.45, 7) is 1.21. The Bertz CT molecular complexity index is 1350. The van der Waals surface area contributed by atoms with E-state index in [4.69, 9.17) is 4.74 Å². The van der Waals surface area contributed by atoms with Crippen LogP contribution in [0.15, 0.2) is 78.9 Å². The number of methoxy groups -OCH3 is 1. The van der Waals surface area contributed by atoms with E-state index in [1.54, 1.807) is 36.3 Å². The van der Waals surface area contributed by atoms with Gasteiger partial charge in [-0.3, -0.25) is 9.59 Å². The quantitative estimate of drug-likeness (QED) is 0.281. The number of carbonyl (C=O) groups is 2. The minimum Gasteiger partial charge on any atom is -0.497 e. The molecule has 5 rings (SSSR count). The normalized spacial score (nSPS) is 16.8. The first-order valence-electron chi connectivity index (χ1n) is 13.3. The fraction of sp³-hybridized carbons (Fsp3) is 0.333. The summed E-state index contributed by atoms with van der Waals surface area (Å²) in [6, 6.07) is 23.8. The Morgan fingerprint density at radius 3 is 2.35 bits per heavy atom. The van der Waals surface area contributed by atoms with E-state index in [-0.39, 0.29) is 31.0 Å². The van der Waals surface area contributed by atoms with Crippen molar-refractivity contribution in [2.75, 3.05) is 31.6 Å². The second-order valence-electron chi connectivity index (χ2n) is 10.00. The third-order valence-corrected chi connectivity index (χ3v) is 7.40. The van der Waals surface area contributed by atoms with E-state index >= 15 is 0 Å². The van der Waals surface area contributed by atoms with E-state index < -0.39 is 11.1 Å². The molecule has 1 saturated heterocycles. The Morgan fingerprint density at radius 1 is 0.975 bits per heavy atom. The third-order valence-electron chi connectivity index (χ3n) is 7.40. The molecule has 0 unspecified atom stereocenters. The lowest BCUT2D eigenvalue weighted by Gasteiger charge is -2.43. The standard InChI is InChI=1S/C30H32N4O6/c1-39-26-15-13-24(14-16-26)32-18-17-31(29(35)27-10-6-5-9-23(27)21-40-34(37)38)20-28(32)30(36)33(25-11-12-25)19-22-7-3-2-4-8-22/h2-10,13-16,25,28H,11-12,17-21H2,1H3/t28-/m1/s1. The number of hydrogen-bond donors (Lipinski definition) is 0. The molecular weight excluding hydrogens is 512 g/mol. The van der Waals surface area contributed by atoms with Crippen LogP contribution in [0.25, 0.3) is 0 Å². The Morgan fingerprint density at radius 2 is 1.68 bits per heavy atom. The number of amides is 2. The van der Waals surface area contributed by atoms with Gasteiger partial charge in [-0.15, -0.1) is 10.1 Å². The molecule has 1 aliphatic carbocycles. The van der Waals surface area contributed by atoms with Gasteiger partial charge >= 0.3 is 0 Å². The van der Waals surface area contributed by atoms with Gasteiger partial charge in [-0.1, -0.05) is 48.5 Å².